The van der Waals surface area contributed by atoms with E-state index in [-0.39, 0.29) is 18.6 Å². The molecule has 0 radical (unpaired) electrons. The second-order valence-electron chi connectivity index (χ2n) is 3.66. The summed E-state index contributed by atoms with van der Waals surface area (Å²) in [5.41, 5.74) is 6.66. The Kier molecular flexibility index (Phi) is 3.74. The van der Waals surface area contributed by atoms with Crippen LogP contribution in [0.25, 0.3) is 0 Å². The van der Waals surface area contributed by atoms with Crippen LogP contribution in [0.4, 0.5) is 5.69 Å². The normalized spacial score (nSPS) is 12.5. The van der Waals surface area contributed by atoms with E-state index in [1.165, 1.54) is 0 Å². The Labute approximate surface area is 88.9 Å². The third kappa shape index (κ3) is 2.99. The van der Waals surface area contributed by atoms with Gasteiger partial charge in [-0.05, 0) is 19.4 Å². The number of amides is 1. The number of nitrogens with two attached hydrogens (primary N) is 1. The van der Waals surface area contributed by atoms with Crippen LogP contribution in [0.15, 0.2) is 12.3 Å². The van der Waals surface area contributed by atoms with Crippen LogP contribution in [0.3, 0.4) is 0 Å². The van der Waals surface area contributed by atoms with E-state index >= 15 is 0 Å². The summed E-state index contributed by atoms with van der Waals surface area (Å²) in [4.78, 5) is 11.7. The first-order chi connectivity index (χ1) is 7.04. The lowest BCUT2D eigenvalue weighted by molar-refractivity contribution is 0.0926. The number of aliphatic hydroxyl groups is 1. The zero-order valence-corrected chi connectivity index (χ0v) is 9.03. The maximum Gasteiger partial charge on any atom is 0.268 e. The molecule has 4 N–H and O–H groups in total. The molecule has 0 spiro atoms. The molecule has 0 saturated carbocycles. The van der Waals surface area contributed by atoms with Crippen molar-refractivity contribution in [3.05, 3.63) is 18.0 Å². The molecule has 0 aliphatic carbocycles. The van der Waals surface area contributed by atoms with Gasteiger partial charge in [-0.25, -0.2) is 0 Å². The fourth-order valence-corrected chi connectivity index (χ4v) is 1.38. The molecule has 0 aliphatic rings. The Bertz CT molecular complexity index is 346. The van der Waals surface area contributed by atoms with E-state index in [0.29, 0.717) is 17.8 Å². The van der Waals surface area contributed by atoms with Gasteiger partial charge in [-0.3, -0.25) is 4.79 Å². The van der Waals surface area contributed by atoms with Crippen LogP contribution in [-0.2, 0) is 7.05 Å². The van der Waals surface area contributed by atoms with Gasteiger partial charge in [0.15, 0.2) is 0 Å². The number of hydrogen-bond donors (Lipinski definition) is 3. The SMILES string of the molecule is CC(CCO)NC(=O)c1cc(N)cn1C. The molecule has 1 atom stereocenters. The molecule has 15 heavy (non-hydrogen) atoms. The van der Waals surface area contributed by atoms with E-state index < -0.39 is 0 Å². The lowest BCUT2D eigenvalue weighted by Crippen LogP contribution is -2.34. The van der Waals surface area contributed by atoms with Gasteiger partial charge in [0.2, 0.25) is 0 Å². The number of nitrogens with zero attached hydrogens (tertiary/aromatic N) is 1. The van der Waals surface area contributed by atoms with Crippen LogP contribution in [-0.4, -0.2) is 28.2 Å². The van der Waals surface area contributed by atoms with Crippen molar-refractivity contribution < 1.29 is 9.90 Å². The van der Waals surface area contributed by atoms with Crippen LogP contribution in [0.5, 0.6) is 0 Å². The first-order valence-electron chi connectivity index (χ1n) is 4.88. The Morgan fingerprint density at radius 3 is 2.87 bits per heavy atom. The second-order valence-corrected chi connectivity index (χ2v) is 3.66. The zero-order chi connectivity index (χ0) is 11.4. The maximum atomic E-state index is 11.7. The number of anilines is 1. The molecular weight excluding hydrogens is 194 g/mol. The molecule has 0 aromatic carbocycles. The highest BCUT2D eigenvalue weighted by molar-refractivity contribution is 5.93. The summed E-state index contributed by atoms with van der Waals surface area (Å²) in [5, 5.41) is 11.5. The Morgan fingerprint density at radius 2 is 2.40 bits per heavy atom. The number of hydrogen-bond acceptors (Lipinski definition) is 3. The number of carbonyl (C=O) groups excluding carboxylic acids is 1. The number of rotatable bonds is 4. The number of aryl methyl sites for hydroxylation is 1. The van der Waals surface area contributed by atoms with E-state index in [9.17, 15) is 4.79 Å². The van der Waals surface area contributed by atoms with E-state index in [1.54, 1.807) is 23.9 Å². The summed E-state index contributed by atoms with van der Waals surface area (Å²) in [7, 11) is 1.77. The highest BCUT2D eigenvalue weighted by atomic mass is 16.3. The van der Waals surface area contributed by atoms with Gasteiger partial charge in [0.1, 0.15) is 5.69 Å². The smallest absolute Gasteiger partial charge is 0.268 e. The molecule has 0 aliphatic heterocycles. The van der Waals surface area contributed by atoms with Crippen LogP contribution in [0.2, 0.25) is 0 Å². The third-order valence-electron chi connectivity index (χ3n) is 2.20. The Hall–Kier alpha value is -1.49. The van der Waals surface area contributed by atoms with Crippen LogP contribution >= 0.6 is 0 Å². The van der Waals surface area contributed by atoms with Gasteiger partial charge in [-0.2, -0.15) is 0 Å². The van der Waals surface area contributed by atoms with Crippen LogP contribution < -0.4 is 11.1 Å². The molecule has 1 aromatic rings. The molecule has 0 bridgehead atoms. The van der Waals surface area contributed by atoms with Gasteiger partial charge in [0, 0.05) is 25.9 Å². The summed E-state index contributed by atoms with van der Waals surface area (Å²) in [6, 6.07) is 1.58. The number of aliphatic hydroxyl groups excluding tert-OH is 1. The van der Waals surface area contributed by atoms with Crippen LogP contribution in [0, 0.1) is 0 Å². The van der Waals surface area contributed by atoms with Gasteiger partial charge in [0.05, 0.1) is 5.69 Å². The van der Waals surface area contributed by atoms with Crippen molar-refractivity contribution in [2.45, 2.75) is 19.4 Å². The Balaban J connectivity index is 2.65. The molecule has 1 heterocycles. The number of nitrogen functional groups attached to an aromatic ring is 1. The van der Waals surface area contributed by atoms with Crippen LogP contribution in [0.1, 0.15) is 23.8 Å². The largest absolute Gasteiger partial charge is 0.397 e. The molecule has 5 nitrogen and oxygen atoms in total. The molecule has 0 fully saturated rings. The quantitative estimate of drug-likeness (QED) is 0.661. The molecule has 84 valence electrons. The molecule has 1 rings (SSSR count). The summed E-state index contributed by atoms with van der Waals surface area (Å²) < 4.78 is 1.68. The highest BCUT2D eigenvalue weighted by Gasteiger charge is 2.12. The molecule has 0 saturated heterocycles. The van der Waals surface area contributed by atoms with Crippen molar-refractivity contribution in [3.63, 3.8) is 0 Å². The summed E-state index contributed by atoms with van der Waals surface area (Å²) >= 11 is 0. The molecule has 5 heteroatoms. The van der Waals surface area contributed by atoms with E-state index in [2.05, 4.69) is 5.32 Å². The standard InChI is InChI=1S/C10H17N3O2/c1-7(3-4-14)12-10(15)9-5-8(11)6-13(9)2/h5-7,14H,3-4,11H2,1-2H3,(H,12,15). The Morgan fingerprint density at radius 1 is 1.73 bits per heavy atom. The number of carbonyl (C=O) groups is 1. The zero-order valence-electron chi connectivity index (χ0n) is 9.03. The predicted molar refractivity (Wildman–Crippen MR) is 58.5 cm³/mol. The molecular formula is C10H17N3O2. The topological polar surface area (TPSA) is 80.3 Å². The van der Waals surface area contributed by atoms with E-state index in [0.717, 1.165) is 0 Å². The number of nitrogens with one attached hydrogen (secondary N) is 1. The van der Waals surface area contributed by atoms with Gasteiger partial charge in [0.25, 0.3) is 5.91 Å². The van der Waals surface area contributed by atoms with Crippen molar-refractivity contribution in [2.75, 3.05) is 12.3 Å². The molecule has 1 unspecified atom stereocenters. The predicted octanol–water partition coefficient (Wildman–Crippen LogP) is 0.108. The monoisotopic (exact) mass is 211 g/mol. The summed E-state index contributed by atoms with van der Waals surface area (Å²) in [6.45, 7) is 1.91. The lowest BCUT2D eigenvalue weighted by atomic mass is 10.2. The van der Waals surface area contributed by atoms with Crippen molar-refractivity contribution in [3.8, 4) is 0 Å². The minimum absolute atomic E-state index is 0.0429. The summed E-state index contributed by atoms with van der Waals surface area (Å²) in [5.74, 6) is -0.171. The molecule has 1 amide bonds. The van der Waals surface area contributed by atoms with Crippen molar-refractivity contribution >= 4 is 11.6 Å². The van der Waals surface area contributed by atoms with Crippen molar-refractivity contribution in [1.82, 2.24) is 9.88 Å². The molecule has 1 aromatic heterocycles. The highest BCUT2D eigenvalue weighted by Crippen LogP contribution is 2.08. The average molecular weight is 211 g/mol. The number of aromatic nitrogens is 1. The van der Waals surface area contributed by atoms with Gasteiger partial charge < -0.3 is 20.7 Å². The van der Waals surface area contributed by atoms with E-state index in [1.807, 2.05) is 6.92 Å². The summed E-state index contributed by atoms with van der Waals surface area (Å²) in [6.07, 6.45) is 2.23. The first kappa shape index (κ1) is 11.6. The first-order valence-corrected chi connectivity index (χ1v) is 4.88. The third-order valence-corrected chi connectivity index (χ3v) is 2.20. The van der Waals surface area contributed by atoms with Crippen molar-refractivity contribution in [1.29, 1.82) is 0 Å². The average Bonchev–Trinajstić information content (AvgIpc) is 2.45. The lowest BCUT2D eigenvalue weighted by Gasteiger charge is -2.12. The van der Waals surface area contributed by atoms with Gasteiger partial charge in [-0.1, -0.05) is 0 Å². The maximum absolute atomic E-state index is 11.7. The minimum atomic E-state index is -0.171. The van der Waals surface area contributed by atoms with E-state index in [4.69, 9.17) is 10.8 Å². The van der Waals surface area contributed by atoms with Gasteiger partial charge in [-0.15, -0.1) is 0 Å². The second kappa shape index (κ2) is 4.84. The fourth-order valence-electron chi connectivity index (χ4n) is 1.38. The minimum Gasteiger partial charge on any atom is -0.397 e. The van der Waals surface area contributed by atoms with Gasteiger partial charge >= 0.3 is 0 Å². The fraction of sp³-hybridized carbons (Fsp3) is 0.500. The van der Waals surface area contributed by atoms with Crippen molar-refractivity contribution in [2.24, 2.45) is 7.05 Å².